The number of carbonyl (C=O) groups is 2. The van der Waals surface area contributed by atoms with Gasteiger partial charge >= 0.3 is 6.03 Å². The van der Waals surface area contributed by atoms with Gasteiger partial charge in [-0.1, -0.05) is 61.4 Å². The number of imide groups is 1. The van der Waals surface area contributed by atoms with Gasteiger partial charge in [-0.25, -0.2) is 4.79 Å². The number of amides is 3. The molecular formula is C20H27N5O2S. The lowest BCUT2D eigenvalue weighted by Crippen LogP contribution is -2.47. The van der Waals surface area contributed by atoms with Gasteiger partial charge in [0.2, 0.25) is 5.91 Å². The van der Waals surface area contributed by atoms with Crippen LogP contribution in [0.5, 0.6) is 0 Å². The number of nitrogens with zero attached hydrogens (tertiary/aromatic N) is 3. The molecule has 2 aromatic rings. The van der Waals surface area contributed by atoms with Crippen LogP contribution in [0.1, 0.15) is 50.4 Å². The average Bonchev–Trinajstić information content (AvgIpc) is 3.03. The topological polar surface area (TPSA) is 88.9 Å². The SMILES string of the molecule is C[C@@H](Sc1nnc(Cc2ccccc2)n1C)C(=O)NC(=O)NC1CCCCC1. The Morgan fingerprint density at radius 1 is 1.18 bits per heavy atom. The number of hydrogen-bond donors (Lipinski definition) is 2. The number of urea groups is 1. The van der Waals surface area contributed by atoms with Crippen LogP contribution in [0.4, 0.5) is 4.79 Å². The molecule has 2 N–H and O–H groups in total. The number of hydrogen-bond acceptors (Lipinski definition) is 5. The smallest absolute Gasteiger partial charge is 0.321 e. The minimum absolute atomic E-state index is 0.170. The molecule has 0 unspecified atom stereocenters. The van der Waals surface area contributed by atoms with Gasteiger partial charge in [-0.05, 0) is 25.3 Å². The Hall–Kier alpha value is -2.35. The first-order valence-corrected chi connectivity index (χ1v) is 10.6. The Kier molecular flexibility index (Phi) is 7.08. The van der Waals surface area contributed by atoms with Crippen molar-refractivity contribution in [1.29, 1.82) is 0 Å². The largest absolute Gasteiger partial charge is 0.335 e. The number of rotatable bonds is 6. The van der Waals surface area contributed by atoms with Gasteiger partial charge in [0.1, 0.15) is 5.82 Å². The zero-order chi connectivity index (χ0) is 19.9. The van der Waals surface area contributed by atoms with Gasteiger partial charge in [-0.15, -0.1) is 10.2 Å². The second-order valence-electron chi connectivity index (χ2n) is 7.18. The van der Waals surface area contributed by atoms with Crippen molar-refractivity contribution >= 4 is 23.7 Å². The Bertz CT molecular complexity index is 802. The average molecular weight is 402 g/mol. The normalized spacial score (nSPS) is 15.8. The van der Waals surface area contributed by atoms with Crippen LogP contribution in [0.15, 0.2) is 35.5 Å². The second-order valence-corrected chi connectivity index (χ2v) is 8.49. The molecular weight excluding hydrogens is 374 g/mol. The van der Waals surface area contributed by atoms with Crippen molar-refractivity contribution in [3.8, 4) is 0 Å². The molecule has 3 rings (SSSR count). The third-order valence-corrected chi connectivity index (χ3v) is 6.09. The monoisotopic (exact) mass is 401 g/mol. The van der Waals surface area contributed by atoms with Crippen molar-refractivity contribution in [3.05, 3.63) is 41.7 Å². The predicted octanol–water partition coefficient (Wildman–Crippen LogP) is 3.05. The molecule has 0 saturated heterocycles. The number of aromatic nitrogens is 3. The van der Waals surface area contributed by atoms with Gasteiger partial charge in [0.15, 0.2) is 5.16 Å². The third-order valence-electron chi connectivity index (χ3n) is 4.96. The molecule has 1 aliphatic carbocycles. The van der Waals surface area contributed by atoms with Gasteiger partial charge < -0.3 is 9.88 Å². The molecule has 0 spiro atoms. The fourth-order valence-electron chi connectivity index (χ4n) is 3.27. The van der Waals surface area contributed by atoms with Gasteiger partial charge in [-0.2, -0.15) is 0 Å². The molecule has 150 valence electrons. The maximum absolute atomic E-state index is 12.4. The zero-order valence-corrected chi connectivity index (χ0v) is 17.2. The van der Waals surface area contributed by atoms with Crippen LogP contribution >= 0.6 is 11.8 Å². The minimum Gasteiger partial charge on any atom is -0.335 e. The summed E-state index contributed by atoms with van der Waals surface area (Å²) in [4.78, 5) is 24.4. The Morgan fingerprint density at radius 2 is 1.89 bits per heavy atom. The van der Waals surface area contributed by atoms with Crippen LogP contribution in [0.25, 0.3) is 0 Å². The van der Waals surface area contributed by atoms with Gasteiger partial charge in [0, 0.05) is 19.5 Å². The summed E-state index contributed by atoms with van der Waals surface area (Å²) in [5.74, 6) is 0.502. The highest BCUT2D eigenvalue weighted by atomic mass is 32.2. The summed E-state index contributed by atoms with van der Waals surface area (Å²) in [7, 11) is 1.89. The van der Waals surface area contributed by atoms with E-state index in [1.807, 2.05) is 41.9 Å². The van der Waals surface area contributed by atoms with E-state index in [0.29, 0.717) is 11.6 Å². The highest BCUT2D eigenvalue weighted by Gasteiger charge is 2.22. The number of nitrogens with one attached hydrogen (secondary N) is 2. The van der Waals surface area contributed by atoms with Crippen molar-refractivity contribution in [2.75, 3.05) is 0 Å². The lowest BCUT2D eigenvalue weighted by Gasteiger charge is -2.23. The van der Waals surface area contributed by atoms with Crippen molar-refractivity contribution in [1.82, 2.24) is 25.4 Å². The lowest BCUT2D eigenvalue weighted by atomic mass is 9.96. The first-order valence-electron chi connectivity index (χ1n) is 9.73. The van der Waals surface area contributed by atoms with Crippen LogP contribution in [-0.4, -0.2) is 38.0 Å². The van der Waals surface area contributed by atoms with E-state index in [9.17, 15) is 9.59 Å². The van der Waals surface area contributed by atoms with Gasteiger partial charge in [0.05, 0.1) is 5.25 Å². The van der Waals surface area contributed by atoms with Crippen molar-refractivity contribution in [2.45, 2.75) is 61.9 Å². The predicted molar refractivity (Wildman–Crippen MR) is 109 cm³/mol. The number of benzene rings is 1. The van der Waals surface area contributed by atoms with Crippen LogP contribution in [0, 0.1) is 0 Å². The van der Waals surface area contributed by atoms with E-state index in [1.54, 1.807) is 6.92 Å². The molecule has 7 nitrogen and oxygen atoms in total. The third kappa shape index (κ3) is 5.58. The molecule has 0 radical (unpaired) electrons. The molecule has 8 heteroatoms. The summed E-state index contributed by atoms with van der Waals surface area (Å²) in [5.41, 5.74) is 1.15. The van der Waals surface area contributed by atoms with Gasteiger partial charge in [0.25, 0.3) is 0 Å². The maximum atomic E-state index is 12.4. The fourth-order valence-corrected chi connectivity index (χ4v) is 4.11. The van der Waals surface area contributed by atoms with E-state index in [2.05, 4.69) is 20.8 Å². The summed E-state index contributed by atoms with van der Waals surface area (Å²) < 4.78 is 1.89. The lowest BCUT2D eigenvalue weighted by molar-refractivity contribution is -0.119. The van der Waals surface area contributed by atoms with E-state index < -0.39 is 11.3 Å². The highest BCUT2D eigenvalue weighted by molar-refractivity contribution is 8.00. The molecule has 1 aromatic heterocycles. The minimum atomic E-state index is -0.454. The van der Waals surface area contributed by atoms with Crippen LogP contribution in [-0.2, 0) is 18.3 Å². The quantitative estimate of drug-likeness (QED) is 0.726. The van der Waals surface area contributed by atoms with Crippen molar-refractivity contribution < 1.29 is 9.59 Å². The molecule has 1 aromatic carbocycles. The number of thioether (sulfide) groups is 1. The molecule has 1 fully saturated rings. The van der Waals surface area contributed by atoms with Crippen LogP contribution in [0.3, 0.4) is 0 Å². The maximum Gasteiger partial charge on any atom is 0.321 e. The Labute approximate surface area is 169 Å². The summed E-state index contributed by atoms with van der Waals surface area (Å²) in [6.45, 7) is 1.76. The summed E-state index contributed by atoms with van der Waals surface area (Å²) in [6, 6.07) is 9.81. The molecule has 1 atom stereocenters. The summed E-state index contributed by atoms with van der Waals surface area (Å²) >= 11 is 1.30. The van der Waals surface area contributed by atoms with Crippen LogP contribution in [0.2, 0.25) is 0 Å². The molecule has 28 heavy (non-hydrogen) atoms. The summed E-state index contributed by atoms with van der Waals surface area (Å²) in [6.07, 6.45) is 6.11. The highest BCUT2D eigenvalue weighted by Crippen LogP contribution is 2.22. The Balaban J connectivity index is 1.51. The van der Waals surface area contributed by atoms with E-state index in [0.717, 1.165) is 37.1 Å². The number of carbonyl (C=O) groups excluding carboxylic acids is 2. The molecule has 3 amide bonds. The fraction of sp³-hybridized carbons (Fsp3) is 0.500. The Morgan fingerprint density at radius 3 is 2.61 bits per heavy atom. The second kappa shape index (κ2) is 9.73. The van der Waals surface area contributed by atoms with Gasteiger partial charge in [-0.3, -0.25) is 10.1 Å². The standard InChI is InChI=1S/C20H27N5O2S/c1-14(18(26)22-19(27)21-16-11-7-4-8-12-16)28-20-24-23-17(25(20)2)13-15-9-5-3-6-10-15/h3,5-6,9-10,14,16H,4,7-8,11-13H2,1-2H3,(H2,21,22,26,27)/t14-/m1/s1. The summed E-state index contributed by atoms with van der Waals surface area (Å²) in [5, 5.41) is 14.0. The first kappa shape index (κ1) is 20.4. The zero-order valence-electron chi connectivity index (χ0n) is 16.4. The molecule has 1 saturated carbocycles. The van der Waals surface area contributed by atoms with Crippen molar-refractivity contribution in [3.63, 3.8) is 0 Å². The molecule has 1 heterocycles. The van der Waals surface area contributed by atoms with Crippen molar-refractivity contribution in [2.24, 2.45) is 7.05 Å². The van der Waals surface area contributed by atoms with E-state index in [1.165, 1.54) is 18.2 Å². The molecule has 0 bridgehead atoms. The molecule has 1 aliphatic rings. The first-order chi connectivity index (χ1) is 13.5. The van der Waals surface area contributed by atoms with E-state index >= 15 is 0 Å². The van der Waals surface area contributed by atoms with E-state index in [-0.39, 0.29) is 11.9 Å². The van der Waals surface area contributed by atoms with E-state index in [4.69, 9.17) is 0 Å². The molecule has 0 aliphatic heterocycles. The van der Waals surface area contributed by atoms with Crippen LogP contribution < -0.4 is 10.6 Å².